The van der Waals surface area contributed by atoms with Crippen LogP contribution in [-0.2, 0) is 0 Å². The summed E-state index contributed by atoms with van der Waals surface area (Å²) in [6.45, 7) is 0.842. The molecule has 0 spiro atoms. The lowest BCUT2D eigenvalue weighted by molar-refractivity contribution is 0.0695. The van der Waals surface area contributed by atoms with E-state index in [0.29, 0.717) is 31.7 Å². The van der Waals surface area contributed by atoms with Crippen molar-refractivity contribution in [3.63, 3.8) is 0 Å². The quantitative estimate of drug-likeness (QED) is 0.505. The fourth-order valence-corrected chi connectivity index (χ4v) is 4.21. The van der Waals surface area contributed by atoms with Crippen molar-refractivity contribution in [2.24, 2.45) is 0 Å². The number of ether oxygens (including phenoxy) is 1. The van der Waals surface area contributed by atoms with Gasteiger partial charge in [-0.25, -0.2) is 9.37 Å². The number of hydrogen-bond donors (Lipinski definition) is 2. The molecule has 0 bridgehead atoms. The van der Waals surface area contributed by atoms with E-state index in [9.17, 15) is 19.1 Å². The monoisotopic (exact) mass is 481 g/mol. The lowest BCUT2D eigenvalue weighted by Crippen LogP contribution is -2.46. The number of nitrogens with zero attached hydrogens (tertiary/aromatic N) is 2. The van der Waals surface area contributed by atoms with E-state index in [4.69, 9.17) is 4.74 Å². The molecule has 1 fully saturated rings. The van der Waals surface area contributed by atoms with E-state index < -0.39 is 11.7 Å². The van der Waals surface area contributed by atoms with Gasteiger partial charge in [0, 0.05) is 24.0 Å². The van der Waals surface area contributed by atoms with E-state index in [2.05, 4.69) is 10.3 Å². The highest BCUT2D eigenvalue weighted by Gasteiger charge is 2.27. The number of halogens is 1. The number of aromatic hydroxyl groups is 1. The Morgan fingerprint density at radius 1 is 1.12 bits per heavy atom. The van der Waals surface area contributed by atoms with Gasteiger partial charge in [0.05, 0.1) is 11.8 Å². The maximum absolute atomic E-state index is 13.9. The molecule has 1 aromatic heterocycles. The number of nitrogens with one attached hydrogen (secondary N) is 1. The first-order valence-electron chi connectivity index (χ1n) is 10.8. The standard InChI is InChI=1S/C25H24FN3O4S/c1-34-19-6-4-5-18(14-19)33-24-21(13-16(26)15-27-24)23(31)28-17-9-11-29(12-10-17)25(32)20-7-2-3-8-22(20)30/h2-8,13-15,17,30H,9-12H2,1H3,(H,28,31). The van der Waals surface area contributed by atoms with Crippen molar-refractivity contribution in [3.8, 4) is 17.4 Å². The fourth-order valence-electron chi connectivity index (χ4n) is 3.76. The van der Waals surface area contributed by atoms with Crippen LogP contribution in [0.2, 0.25) is 0 Å². The first-order chi connectivity index (χ1) is 16.4. The van der Waals surface area contributed by atoms with Crippen molar-refractivity contribution in [2.45, 2.75) is 23.8 Å². The molecule has 0 unspecified atom stereocenters. The largest absolute Gasteiger partial charge is 0.507 e. The first kappa shape index (κ1) is 23.6. The summed E-state index contributed by atoms with van der Waals surface area (Å²) < 4.78 is 19.7. The van der Waals surface area contributed by atoms with E-state index >= 15 is 0 Å². The molecule has 1 aliphatic rings. The average Bonchev–Trinajstić information content (AvgIpc) is 2.85. The molecule has 0 aliphatic carbocycles. The minimum absolute atomic E-state index is 0.00210. The molecular formula is C25H24FN3O4S. The van der Waals surface area contributed by atoms with Crippen LogP contribution in [0.25, 0.3) is 0 Å². The number of aromatic nitrogens is 1. The Morgan fingerprint density at radius 3 is 2.62 bits per heavy atom. The Labute approximate surface area is 201 Å². The third-order valence-electron chi connectivity index (χ3n) is 5.57. The second kappa shape index (κ2) is 10.6. The number of phenolic OH excluding ortho intramolecular Hbond substituents is 1. The number of phenols is 1. The maximum atomic E-state index is 13.9. The molecule has 7 nitrogen and oxygen atoms in total. The molecule has 9 heteroatoms. The lowest BCUT2D eigenvalue weighted by Gasteiger charge is -2.32. The van der Waals surface area contributed by atoms with Gasteiger partial charge in [-0.2, -0.15) is 0 Å². The van der Waals surface area contributed by atoms with Crippen LogP contribution in [0, 0.1) is 5.82 Å². The van der Waals surface area contributed by atoms with E-state index in [1.807, 2.05) is 24.5 Å². The number of para-hydroxylation sites is 1. The summed E-state index contributed by atoms with van der Waals surface area (Å²) in [6.07, 6.45) is 4.00. The molecule has 0 saturated carbocycles. The predicted molar refractivity (Wildman–Crippen MR) is 127 cm³/mol. The molecule has 2 amide bonds. The Bertz CT molecular complexity index is 1200. The number of likely N-dealkylation sites (tertiary alicyclic amines) is 1. The van der Waals surface area contributed by atoms with E-state index in [-0.39, 0.29) is 34.7 Å². The van der Waals surface area contributed by atoms with Crippen molar-refractivity contribution in [1.82, 2.24) is 15.2 Å². The van der Waals surface area contributed by atoms with Gasteiger partial charge in [0.15, 0.2) is 0 Å². The van der Waals surface area contributed by atoms with Gasteiger partial charge >= 0.3 is 0 Å². The molecule has 2 N–H and O–H groups in total. The molecule has 4 rings (SSSR count). The zero-order valence-electron chi connectivity index (χ0n) is 18.5. The molecule has 0 atom stereocenters. The van der Waals surface area contributed by atoms with Crippen molar-refractivity contribution < 1.29 is 23.8 Å². The SMILES string of the molecule is CSc1cccc(Oc2ncc(F)cc2C(=O)NC2CCN(C(=O)c3ccccc3O)CC2)c1. The van der Waals surface area contributed by atoms with Crippen LogP contribution in [0.5, 0.6) is 17.4 Å². The van der Waals surface area contributed by atoms with Gasteiger partial charge in [0.1, 0.15) is 22.9 Å². The Kier molecular flexibility index (Phi) is 7.32. The summed E-state index contributed by atoms with van der Waals surface area (Å²) >= 11 is 1.55. The number of pyridine rings is 1. The van der Waals surface area contributed by atoms with Gasteiger partial charge in [-0.3, -0.25) is 9.59 Å². The highest BCUT2D eigenvalue weighted by molar-refractivity contribution is 7.98. The van der Waals surface area contributed by atoms with Gasteiger partial charge in [0.25, 0.3) is 11.8 Å². The molecule has 2 heterocycles. The molecule has 34 heavy (non-hydrogen) atoms. The number of amides is 2. The highest BCUT2D eigenvalue weighted by Crippen LogP contribution is 2.27. The lowest BCUT2D eigenvalue weighted by atomic mass is 10.0. The van der Waals surface area contributed by atoms with Crippen LogP contribution >= 0.6 is 11.8 Å². The number of piperidine rings is 1. The highest BCUT2D eigenvalue weighted by atomic mass is 32.2. The number of benzene rings is 2. The van der Waals surface area contributed by atoms with Crippen LogP contribution in [0.4, 0.5) is 4.39 Å². The Balaban J connectivity index is 1.41. The summed E-state index contributed by atoms with van der Waals surface area (Å²) in [6, 6.07) is 14.6. The van der Waals surface area contributed by atoms with Crippen molar-refractivity contribution >= 4 is 23.6 Å². The molecule has 1 saturated heterocycles. The molecule has 2 aromatic carbocycles. The number of thioether (sulfide) groups is 1. The van der Waals surface area contributed by atoms with Gasteiger partial charge in [0.2, 0.25) is 5.88 Å². The smallest absolute Gasteiger partial charge is 0.257 e. The topological polar surface area (TPSA) is 91.8 Å². The number of carbonyl (C=O) groups excluding carboxylic acids is 2. The van der Waals surface area contributed by atoms with Gasteiger partial charge < -0.3 is 20.1 Å². The van der Waals surface area contributed by atoms with Crippen LogP contribution in [-0.4, -0.2) is 52.2 Å². The van der Waals surface area contributed by atoms with Crippen LogP contribution in [0.3, 0.4) is 0 Å². The average molecular weight is 482 g/mol. The molecular weight excluding hydrogens is 457 g/mol. The third-order valence-corrected chi connectivity index (χ3v) is 6.30. The van der Waals surface area contributed by atoms with Crippen LogP contribution in [0.1, 0.15) is 33.6 Å². The molecule has 176 valence electrons. The zero-order chi connectivity index (χ0) is 24.1. The van der Waals surface area contributed by atoms with E-state index in [1.165, 1.54) is 6.07 Å². The van der Waals surface area contributed by atoms with Crippen molar-refractivity contribution in [3.05, 3.63) is 77.7 Å². The minimum atomic E-state index is -0.640. The van der Waals surface area contributed by atoms with Crippen LogP contribution in [0.15, 0.2) is 65.7 Å². The second-order valence-electron chi connectivity index (χ2n) is 7.84. The predicted octanol–water partition coefficient (Wildman–Crippen LogP) is 4.48. The summed E-state index contributed by atoms with van der Waals surface area (Å²) in [5.74, 6) is -0.926. The molecule has 3 aromatic rings. The first-order valence-corrected chi connectivity index (χ1v) is 12.0. The number of hydrogen-bond acceptors (Lipinski definition) is 6. The van der Waals surface area contributed by atoms with Crippen LogP contribution < -0.4 is 10.1 Å². The second-order valence-corrected chi connectivity index (χ2v) is 8.72. The van der Waals surface area contributed by atoms with Gasteiger partial charge in [-0.1, -0.05) is 18.2 Å². The maximum Gasteiger partial charge on any atom is 0.257 e. The summed E-state index contributed by atoms with van der Waals surface area (Å²) in [5, 5.41) is 12.8. The minimum Gasteiger partial charge on any atom is -0.507 e. The number of rotatable bonds is 6. The van der Waals surface area contributed by atoms with Crippen molar-refractivity contribution in [1.29, 1.82) is 0 Å². The van der Waals surface area contributed by atoms with E-state index in [0.717, 1.165) is 17.2 Å². The summed E-state index contributed by atoms with van der Waals surface area (Å²) in [4.78, 5) is 32.3. The van der Waals surface area contributed by atoms with Gasteiger partial charge in [-0.15, -0.1) is 11.8 Å². The molecule has 0 radical (unpaired) electrons. The normalized spacial score (nSPS) is 14.0. The molecule has 1 aliphatic heterocycles. The van der Waals surface area contributed by atoms with Gasteiger partial charge in [-0.05, 0) is 55.5 Å². The summed E-state index contributed by atoms with van der Waals surface area (Å²) in [7, 11) is 0. The van der Waals surface area contributed by atoms with Crippen molar-refractivity contribution in [2.75, 3.05) is 19.3 Å². The van der Waals surface area contributed by atoms with E-state index in [1.54, 1.807) is 40.9 Å². The Morgan fingerprint density at radius 2 is 1.88 bits per heavy atom. The zero-order valence-corrected chi connectivity index (χ0v) is 19.3. The Hall–Kier alpha value is -3.59. The third kappa shape index (κ3) is 5.48. The fraction of sp³-hybridized carbons (Fsp3) is 0.240. The summed E-state index contributed by atoms with van der Waals surface area (Å²) in [5.41, 5.74) is 0.255. The number of carbonyl (C=O) groups is 2.